The van der Waals surface area contributed by atoms with Crippen LogP contribution in [0.3, 0.4) is 0 Å². The van der Waals surface area contributed by atoms with Crippen LogP contribution in [-0.2, 0) is 0 Å². The van der Waals surface area contributed by atoms with Crippen molar-refractivity contribution in [2.45, 2.75) is 6.92 Å². The highest BCUT2D eigenvalue weighted by molar-refractivity contribution is 5.81. The monoisotopic (exact) mass is 292 g/mol. The summed E-state index contributed by atoms with van der Waals surface area (Å²) < 4.78 is 5.12. The largest absolute Gasteiger partial charge is 0.497 e. The van der Waals surface area contributed by atoms with Gasteiger partial charge in [0, 0.05) is 0 Å². The lowest BCUT2D eigenvalue weighted by Crippen LogP contribution is -1.99. The fourth-order valence-electron chi connectivity index (χ4n) is 2.05. The number of aromatic nitrogens is 2. The van der Waals surface area contributed by atoms with E-state index in [2.05, 4.69) is 20.5 Å². The SMILES string of the molecule is COc1ccc(C=NNc2nc3ccccc3nc2C)cc1. The van der Waals surface area contributed by atoms with Crippen LogP contribution in [0.25, 0.3) is 11.0 Å². The fourth-order valence-corrected chi connectivity index (χ4v) is 2.05. The quantitative estimate of drug-likeness (QED) is 0.591. The summed E-state index contributed by atoms with van der Waals surface area (Å²) in [4.78, 5) is 9.03. The molecule has 0 bridgehead atoms. The van der Waals surface area contributed by atoms with E-state index in [1.807, 2.05) is 55.5 Å². The van der Waals surface area contributed by atoms with Gasteiger partial charge in [-0.05, 0) is 48.9 Å². The summed E-state index contributed by atoms with van der Waals surface area (Å²) in [7, 11) is 1.64. The second-order valence-corrected chi connectivity index (χ2v) is 4.79. The number of benzene rings is 2. The van der Waals surface area contributed by atoms with Gasteiger partial charge in [-0.2, -0.15) is 5.10 Å². The number of hydrogen-bond acceptors (Lipinski definition) is 5. The average molecular weight is 292 g/mol. The van der Waals surface area contributed by atoms with Crippen molar-refractivity contribution in [3.8, 4) is 5.75 Å². The van der Waals surface area contributed by atoms with E-state index in [-0.39, 0.29) is 0 Å². The first kappa shape index (κ1) is 14.0. The lowest BCUT2D eigenvalue weighted by atomic mass is 10.2. The molecule has 22 heavy (non-hydrogen) atoms. The van der Waals surface area contributed by atoms with E-state index in [0.717, 1.165) is 28.0 Å². The maximum Gasteiger partial charge on any atom is 0.168 e. The van der Waals surface area contributed by atoms with E-state index in [1.165, 1.54) is 0 Å². The lowest BCUT2D eigenvalue weighted by molar-refractivity contribution is 0.415. The number of methoxy groups -OCH3 is 1. The summed E-state index contributed by atoms with van der Waals surface area (Å²) in [5.74, 6) is 1.48. The second kappa shape index (κ2) is 6.22. The first-order chi connectivity index (χ1) is 10.8. The maximum absolute atomic E-state index is 5.12. The van der Waals surface area contributed by atoms with Gasteiger partial charge in [-0.15, -0.1) is 0 Å². The summed E-state index contributed by atoms with van der Waals surface area (Å²) in [6.45, 7) is 1.91. The van der Waals surface area contributed by atoms with Crippen molar-refractivity contribution >= 4 is 23.1 Å². The molecule has 0 aliphatic rings. The fraction of sp³-hybridized carbons (Fsp3) is 0.118. The predicted molar refractivity (Wildman–Crippen MR) is 88.5 cm³/mol. The Morgan fingerprint density at radius 2 is 1.68 bits per heavy atom. The first-order valence-corrected chi connectivity index (χ1v) is 6.93. The van der Waals surface area contributed by atoms with Gasteiger partial charge in [0.05, 0.1) is 30.1 Å². The number of rotatable bonds is 4. The summed E-state index contributed by atoms with van der Waals surface area (Å²) in [6.07, 6.45) is 1.73. The number of hydrogen-bond donors (Lipinski definition) is 1. The normalized spacial score (nSPS) is 11.0. The molecular formula is C17H16N4O. The first-order valence-electron chi connectivity index (χ1n) is 6.93. The molecule has 5 nitrogen and oxygen atoms in total. The third kappa shape index (κ3) is 3.03. The Morgan fingerprint density at radius 3 is 2.36 bits per heavy atom. The minimum Gasteiger partial charge on any atom is -0.497 e. The van der Waals surface area contributed by atoms with Crippen LogP contribution in [0.15, 0.2) is 53.6 Å². The zero-order chi connectivity index (χ0) is 15.4. The van der Waals surface area contributed by atoms with Gasteiger partial charge < -0.3 is 4.74 Å². The molecule has 3 aromatic rings. The molecule has 0 saturated carbocycles. The van der Waals surface area contributed by atoms with Gasteiger partial charge in [0.15, 0.2) is 5.82 Å². The second-order valence-electron chi connectivity index (χ2n) is 4.79. The van der Waals surface area contributed by atoms with Gasteiger partial charge in [0.2, 0.25) is 0 Å². The zero-order valence-electron chi connectivity index (χ0n) is 12.4. The molecule has 0 amide bonds. The summed E-state index contributed by atoms with van der Waals surface area (Å²) in [5, 5.41) is 4.22. The minimum absolute atomic E-state index is 0.656. The van der Waals surface area contributed by atoms with E-state index >= 15 is 0 Å². The molecule has 0 aliphatic heterocycles. The minimum atomic E-state index is 0.656. The van der Waals surface area contributed by atoms with Crippen LogP contribution in [-0.4, -0.2) is 23.3 Å². The molecule has 0 spiro atoms. The van der Waals surface area contributed by atoms with E-state index in [4.69, 9.17) is 4.74 Å². The molecule has 5 heteroatoms. The number of nitrogens with zero attached hydrogens (tertiary/aromatic N) is 3. The van der Waals surface area contributed by atoms with E-state index in [1.54, 1.807) is 13.3 Å². The van der Waals surface area contributed by atoms with Gasteiger partial charge in [0.1, 0.15) is 5.75 Å². The molecule has 110 valence electrons. The van der Waals surface area contributed by atoms with E-state index in [9.17, 15) is 0 Å². The van der Waals surface area contributed by atoms with Crippen molar-refractivity contribution in [2.75, 3.05) is 12.5 Å². The highest BCUT2D eigenvalue weighted by Crippen LogP contribution is 2.16. The summed E-state index contributed by atoms with van der Waals surface area (Å²) in [6, 6.07) is 15.4. The van der Waals surface area contributed by atoms with Crippen molar-refractivity contribution in [1.29, 1.82) is 0 Å². The molecule has 0 unspecified atom stereocenters. The Bertz CT molecular complexity index is 813. The number of hydrazone groups is 1. The third-order valence-corrected chi connectivity index (χ3v) is 3.24. The topological polar surface area (TPSA) is 59.4 Å². The Hall–Kier alpha value is -2.95. The van der Waals surface area contributed by atoms with Gasteiger partial charge in [-0.3, -0.25) is 5.43 Å². The van der Waals surface area contributed by atoms with Crippen LogP contribution in [0.1, 0.15) is 11.3 Å². The van der Waals surface area contributed by atoms with Crippen molar-refractivity contribution in [3.63, 3.8) is 0 Å². The average Bonchev–Trinajstić information content (AvgIpc) is 2.56. The Morgan fingerprint density at radius 1 is 1.00 bits per heavy atom. The van der Waals surface area contributed by atoms with Crippen LogP contribution in [0.2, 0.25) is 0 Å². The molecule has 0 radical (unpaired) electrons. The molecule has 2 aromatic carbocycles. The molecule has 3 rings (SSSR count). The highest BCUT2D eigenvalue weighted by Gasteiger charge is 2.03. The molecule has 0 aliphatic carbocycles. The van der Waals surface area contributed by atoms with Crippen molar-refractivity contribution in [1.82, 2.24) is 9.97 Å². The van der Waals surface area contributed by atoms with Crippen LogP contribution >= 0.6 is 0 Å². The predicted octanol–water partition coefficient (Wildman–Crippen LogP) is 3.39. The summed E-state index contributed by atoms with van der Waals surface area (Å²) in [5.41, 5.74) is 6.45. The standard InChI is InChI=1S/C17H16N4O/c1-12-17(20-16-6-4-3-5-15(16)19-12)21-18-11-13-7-9-14(22-2)10-8-13/h3-11H,1-2H3,(H,20,21). The Balaban J connectivity index is 1.77. The van der Waals surface area contributed by atoms with Gasteiger partial charge in [-0.1, -0.05) is 12.1 Å². The Labute approximate surface area is 128 Å². The van der Waals surface area contributed by atoms with Crippen LogP contribution < -0.4 is 10.2 Å². The van der Waals surface area contributed by atoms with Crippen LogP contribution in [0.4, 0.5) is 5.82 Å². The van der Waals surface area contributed by atoms with Crippen LogP contribution in [0.5, 0.6) is 5.75 Å². The number of aryl methyl sites for hydroxylation is 1. The number of nitrogens with one attached hydrogen (secondary N) is 1. The number of ether oxygens (including phenoxy) is 1. The van der Waals surface area contributed by atoms with Crippen LogP contribution in [0, 0.1) is 6.92 Å². The van der Waals surface area contributed by atoms with E-state index in [0.29, 0.717) is 5.82 Å². The molecule has 0 saturated heterocycles. The molecule has 1 aromatic heterocycles. The van der Waals surface area contributed by atoms with Gasteiger partial charge >= 0.3 is 0 Å². The van der Waals surface area contributed by atoms with E-state index < -0.39 is 0 Å². The highest BCUT2D eigenvalue weighted by atomic mass is 16.5. The maximum atomic E-state index is 5.12. The van der Waals surface area contributed by atoms with Crippen molar-refractivity contribution < 1.29 is 4.74 Å². The Kier molecular flexibility index (Phi) is 3.96. The number of fused-ring (bicyclic) bond motifs is 1. The molecular weight excluding hydrogens is 276 g/mol. The molecule has 0 fully saturated rings. The van der Waals surface area contributed by atoms with Gasteiger partial charge in [0.25, 0.3) is 0 Å². The summed E-state index contributed by atoms with van der Waals surface area (Å²) >= 11 is 0. The number of para-hydroxylation sites is 2. The molecule has 1 heterocycles. The van der Waals surface area contributed by atoms with Gasteiger partial charge in [-0.25, -0.2) is 9.97 Å². The van der Waals surface area contributed by atoms with Crippen molar-refractivity contribution in [3.05, 3.63) is 59.8 Å². The molecule has 1 N–H and O–H groups in total. The number of anilines is 1. The zero-order valence-corrected chi connectivity index (χ0v) is 12.4. The van der Waals surface area contributed by atoms with Crippen molar-refractivity contribution in [2.24, 2.45) is 5.10 Å². The smallest absolute Gasteiger partial charge is 0.168 e. The molecule has 0 atom stereocenters. The lowest BCUT2D eigenvalue weighted by Gasteiger charge is -2.05. The third-order valence-electron chi connectivity index (χ3n) is 3.24.